The van der Waals surface area contributed by atoms with E-state index in [1.54, 1.807) is 24.1 Å². The number of amides is 1. The first-order valence-electron chi connectivity index (χ1n) is 7.00. The van der Waals surface area contributed by atoms with Gasteiger partial charge in [0.15, 0.2) is 0 Å². The van der Waals surface area contributed by atoms with Gasteiger partial charge in [0, 0.05) is 24.2 Å². The molecule has 2 atom stereocenters. The van der Waals surface area contributed by atoms with Crippen molar-refractivity contribution in [3.63, 3.8) is 0 Å². The van der Waals surface area contributed by atoms with Crippen LogP contribution in [0.4, 0.5) is 0 Å². The molecule has 1 saturated carbocycles. The molecule has 2 aromatic heterocycles. The molecular weight excluding hydrogens is 288 g/mol. The molecule has 2 heterocycles. The minimum absolute atomic E-state index is 0.171. The van der Waals surface area contributed by atoms with Crippen molar-refractivity contribution in [1.82, 2.24) is 9.88 Å². The van der Waals surface area contributed by atoms with Crippen LogP contribution in [0.15, 0.2) is 34.9 Å². The molecule has 0 bridgehead atoms. The predicted molar refractivity (Wildman–Crippen MR) is 80.3 cm³/mol. The van der Waals surface area contributed by atoms with Gasteiger partial charge in [0.1, 0.15) is 17.2 Å². The molecule has 3 rings (SSSR count). The van der Waals surface area contributed by atoms with E-state index in [0.717, 1.165) is 11.5 Å². The van der Waals surface area contributed by atoms with Crippen LogP contribution >= 0.6 is 11.6 Å². The summed E-state index contributed by atoms with van der Waals surface area (Å²) in [6.45, 7) is 2.64. The molecule has 2 aromatic rings. The van der Waals surface area contributed by atoms with Crippen molar-refractivity contribution in [2.75, 3.05) is 7.05 Å². The van der Waals surface area contributed by atoms with Crippen LogP contribution in [0.25, 0.3) is 0 Å². The predicted octanol–water partition coefficient (Wildman–Crippen LogP) is 3.72. The van der Waals surface area contributed by atoms with Gasteiger partial charge < -0.3 is 9.32 Å². The second-order valence-electron chi connectivity index (χ2n) is 5.64. The number of pyridine rings is 1. The first-order valence-corrected chi connectivity index (χ1v) is 7.38. The summed E-state index contributed by atoms with van der Waals surface area (Å²) >= 11 is 5.88. The molecule has 1 fully saturated rings. The van der Waals surface area contributed by atoms with Gasteiger partial charge in [-0.25, -0.2) is 0 Å². The molecule has 0 spiro atoms. The maximum Gasteiger partial charge on any atom is 0.272 e. The monoisotopic (exact) mass is 304 g/mol. The Morgan fingerprint density at radius 3 is 2.90 bits per heavy atom. The SMILES string of the molecule is CC1CC1c1ccc(CN(C)C(=O)c2cc(Cl)ccn2)o1. The lowest BCUT2D eigenvalue weighted by Gasteiger charge is -2.15. The normalized spacial score (nSPS) is 20.3. The molecule has 110 valence electrons. The summed E-state index contributed by atoms with van der Waals surface area (Å²) in [6.07, 6.45) is 2.72. The third-order valence-electron chi connectivity index (χ3n) is 3.84. The van der Waals surface area contributed by atoms with Gasteiger partial charge in [-0.05, 0) is 36.6 Å². The van der Waals surface area contributed by atoms with Crippen molar-refractivity contribution in [2.24, 2.45) is 5.92 Å². The molecule has 0 N–H and O–H groups in total. The van der Waals surface area contributed by atoms with E-state index in [0.29, 0.717) is 29.1 Å². The van der Waals surface area contributed by atoms with Crippen LogP contribution in [0.1, 0.15) is 41.3 Å². The first kappa shape index (κ1) is 14.1. The summed E-state index contributed by atoms with van der Waals surface area (Å²) < 4.78 is 5.82. The Labute approximate surface area is 128 Å². The lowest BCUT2D eigenvalue weighted by atomic mass is 10.3. The van der Waals surface area contributed by atoms with Crippen molar-refractivity contribution in [3.05, 3.63) is 52.7 Å². The molecule has 21 heavy (non-hydrogen) atoms. The van der Waals surface area contributed by atoms with E-state index < -0.39 is 0 Å². The Kier molecular flexibility index (Phi) is 3.72. The Morgan fingerprint density at radius 1 is 1.48 bits per heavy atom. The molecule has 1 amide bonds. The molecule has 0 saturated heterocycles. The summed E-state index contributed by atoms with van der Waals surface area (Å²) in [5.74, 6) is 2.91. The summed E-state index contributed by atoms with van der Waals surface area (Å²) in [7, 11) is 1.73. The van der Waals surface area contributed by atoms with Crippen molar-refractivity contribution in [1.29, 1.82) is 0 Å². The van der Waals surface area contributed by atoms with Crippen LogP contribution in [-0.2, 0) is 6.54 Å². The highest BCUT2D eigenvalue weighted by Gasteiger charge is 2.36. The zero-order chi connectivity index (χ0) is 15.0. The zero-order valence-corrected chi connectivity index (χ0v) is 12.8. The number of rotatable bonds is 4. The van der Waals surface area contributed by atoms with Gasteiger partial charge in [0.05, 0.1) is 6.54 Å². The number of nitrogens with zero attached hydrogens (tertiary/aromatic N) is 2. The fourth-order valence-corrected chi connectivity index (χ4v) is 2.58. The van der Waals surface area contributed by atoms with Crippen LogP contribution in [0.3, 0.4) is 0 Å². The topological polar surface area (TPSA) is 46.3 Å². The Balaban J connectivity index is 1.66. The van der Waals surface area contributed by atoms with E-state index in [1.165, 1.54) is 12.6 Å². The van der Waals surface area contributed by atoms with Gasteiger partial charge in [0.25, 0.3) is 5.91 Å². The van der Waals surface area contributed by atoms with Crippen LogP contribution in [0.5, 0.6) is 0 Å². The second kappa shape index (κ2) is 5.53. The number of aromatic nitrogens is 1. The summed E-state index contributed by atoms with van der Waals surface area (Å²) in [5, 5.41) is 0.504. The van der Waals surface area contributed by atoms with Crippen LogP contribution in [0.2, 0.25) is 5.02 Å². The number of furan rings is 1. The van der Waals surface area contributed by atoms with Crippen LogP contribution < -0.4 is 0 Å². The number of halogens is 1. The lowest BCUT2D eigenvalue weighted by Crippen LogP contribution is -2.26. The standard InChI is InChI=1S/C16H17ClN2O2/c1-10-7-13(10)15-4-3-12(21-15)9-19(2)16(20)14-8-11(17)5-6-18-14/h3-6,8,10,13H,7,9H2,1-2H3. The molecule has 4 nitrogen and oxygen atoms in total. The Morgan fingerprint density at radius 2 is 2.24 bits per heavy atom. The highest BCUT2D eigenvalue weighted by Crippen LogP contribution is 2.47. The molecule has 1 aliphatic carbocycles. The van der Waals surface area contributed by atoms with E-state index in [1.807, 2.05) is 12.1 Å². The van der Waals surface area contributed by atoms with Crippen molar-refractivity contribution in [3.8, 4) is 0 Å². The molecule has 2 unspecified atom stereocenters. The van der Waals surface area contributed by atoms with E-state index in [4.69, 9.17) is 16.0 Å². The highest BCUT2D eigenvalue weighted by atomic mass is 35.5. The highest BCUT2D eigenvalue weighted by molar-refractivity contribution is 6.30. The van der Waals surface area contributed by atoms with Gasteiger partial charge >= 0.3 is 0 Å². The van der Waals surface area contributed by atoms with E-state index in [9.17, 15) is 4.79 Å². The number of hydrogen-bond donors (Lipinski definition) is 0. The maximum atomic E-state index is 12.3. The number of carbonyl (C=O) groups excluding carboxylic acids is 1. The van der Waals surface area contributed by atoms with E-state index in [2.05, 4.69) is 11.9 Å². The fourth-order valence-electron chi connectivity index (χ4n) is 2.42. The Bertz CT molecular complexity index is 668. The molecule has 0 radical (unpaired) electrons. The van der Waals surface area contributed by atoms with Crippen molar-refractivity contribution < 1.29 is 9.21 Å². The largest absolute Gasteiger partial charge is 0.464 e. The van der Waals surface area contributed by atoms with Gasteiger partial charge in [-0.3, -0.25) is 9.78 Å². The van der Waals surface area contributed by atoms with Gasteiger partial charge in [-0.2, -0.15) is 0 Å². The lowest BCUT2D eigenvalue weighted by molar-refractivity contribution is 0.0769. The minimum atomic E-state index is -0.171. The fraction of sp³-hybridized carbons (Fsp3) is 0.375. The number of carbonyl (C=O) groups is 1. The minimum Gasteiger partial charge on any atom is -0.464 e. The number of hydrogen-bond acceptors (Lipinski definition) is 3. The van der Waals surface area contributed by atoms with E-state index in [-0.39, 0.29) is 5.91 Å². The molecule has 0 aromatic carbocycles. The summed E-state index contributed by atoms with van der Waals surface area (Å²) in [6, 6.07) is 7.17. The third kappa shape index (κ3) is 3.10. The Hall–Kier alpha value is -1.81. The molecule has 5 heteroatoms. The third-order valence-corrected chi connectivity index (χ3v) is 4.07. The maximum absolute atomic E-state index is 12.3. The summed E-state index contributed by atoms with van der Waals surface area (Å²) in [5.41, 5.74) is 0.340. The average molecular weight is 305 g/mol. The van der Waals surface area contributed by atoms with Gasteiger partial charge in [-0.15, -0.1) is 0 Å². The van der Waals surface area contributed by atoms with Crippen molar-refractivity contribution >= 4 is 17.5 Å². The van der Waals surface area contributed by atoms with Gasteiger partial charge in [-0.1, -0.05) is 18.5 Å². The van der Waals surface area contributed by atoms with E-state index >= 15 is 0 Å². The molecule has 0 aliphatic heterocycles. The second-order valence-corrected chi connectivity index (χ2v) is 6.08. The van der Waals surface area contributed by atoms with Crippen molar-refractivity contribution in [2.45, 2.75) is 25.8 Å². The summed E-state index contributed by atoms with van der Waals surface area (Å²) in [4.78, 5) is 17.9. The van der Waals surface area contributed by atoms with Crippen LogP contribution in [0, 0.1) is 5.92 Å². The molecular formula is C16H17ClN2O2. The van der Waals surface area contributed by atoms with Crippen LogP contribution in [-0.4, -0.2) is 22.8 Å². The molecule has 1 aliphatic rings. The first-order chi connectivity index (χ1) is 10.0. The smallest absolute Gasteiger partial charge is 0.272 e. The quantitative estimate of drug-likeness (QED) is 0.864. The zero-order valence-electron chi connectivity index (χ0n) is 12.0. The van der Waals surface area contributed by atoms with Gasteiger partial charge in [0.2, 0.25) is 0 Å². The average Bonchev–Trinajstić information content (AvgIpc) is 3.01.